The minimum atomic E-state index is -0.510. The molecule has 1 aromatic carbocycles. The SMILES string of the molecule is C=NC1=NC(CN2CCN(C(=O)OC(C)(C)C)CC2)=CCC=C1OCc1cccc([N+](=O)[O-])c1. The number of hydrogen-bond acceptors (Lipinski definition) is 8. The number of non-ortho nitro benzene ring substituents is 1. The van der Waals surface area contributed by atoms with Gasteiger partial charge in [-0.2, -0.15) is 0 Å². The number of amides is 1. The van der Waals surface area contributed by atoms with E-state index in [1.54, 1.807) is 17.0 Å². The zero-order valence-electron chi connectivity index (χ0n) is 19.9. The molecule has 2 aliphatic rings. The summed E-state index contributed by atoms with van der Waals surface area (Å²) in [4.78, 5) is 35.4. The first kappa shape index (κ1) is 25.1. The summed E-state index contributed by atoms with van der Waals surface area (Å²) < 4.78 is 11.3. The lowest BCUT2D eigenvalue weighted by Gasteiger charge is -2.35. The molecule has 10 nitrogen and oxygen atoms in total. The number of nitrogens with zero attached hydrogens (tertiary/aromatic N) is 5. The van der Waals surface area contributed by atoms with Gasteiger partial charge in [0.05, 0.1) is 10.6 Å². The predicted octanol–water partition coefficient (Wildman–Crippen LogP) is 3.93. The molecule has 1 saturated heterocycles. The second-order valence-electron chi connectivity index (χ2n) is 9.05. The summed E-state index contributed by atoms with van der Waals surface area (Å²) in [6, 6.07) is 6.32. The third-order valence-corrected chi connectivity index (χ3v) is 5.20. The van der Waals surface area contributed by atoms with Crippen molar-refractivity contribution >= 4 is 24.3 Å². The molecule has 1 amide bonds. The molecule has 0 saturated carbocycles. The zero-order valence-corrected chi connectivity index (χ0v) is 19.9. The Morgan fingerprint density at radius 2 is 1.97 bits per heavy atom. The molecule has 2 aliphatic heterocycles. The van der Waals surface area contributed by atoms with Crippen LogP contribution in [0.3, 0.4) is 0 Å². The van der Waals surface area contributed by atoms with Gasteiger partial charge in [0.2, 0.25) is 0 Å². The maximum Gasteiger partial charge on any atom is 0.410 e. The van der Waals surface area contributed by atoms with E-state index >= 15 is 0 Å². The average molecular weight is 470 g/mol. The third kappa shape index (κ3) is 7.24. The number of carbonyl (C=O) groups is 1. The van der Waals surface area contributed by atoms with Crippen LogP contribution >= 0.6 is 0 Å². The van der Waals surface area contributed by atoms with Crippen molar-refractivity contribution < 1.29 is 19.2 Å². The second kappa shape index (κ2) is 11.1. The van der Waals surface area contributed by atoms with E-state index in [-0.39, 0.29) is 18.4 Å². The number of nitro benzene ring substituents is 1. The first-order chi connectivity index (χ1) is 16.1. The van der Waals surface area contributed by atoms with E-state index in [0.29, 0.717) is 56.3 Å². The van der Waals surface area contributed by atoms with Gasteiger partial charge < -0.3 is 14.4 Å². The standard InChI is InChI=1S/C24H31N5O5/c1-24(2,3)34-23(30)28-13-11-27(12-14-28)16-19-8-6-10-21(22(25-4)26-19)33-17-18-7-5-9-20(15-18)29(31)32/h5,7-10,15H,4,6,11-14,16-17H2,1-3H3. The highest BCUT2D eigenvalue weighted by atomic mass is 16.6. The first-order valence-electron chi connectivity index (χ1n) is 11.2. The fraction of sp³-hybridized carbons (Fsp3) is 0.458. The lowest BCUT2D eigenvalue weighted by Crippen LogP contribution is -2.50. The molecule has 2 heterocycles. The Morgan fingerprint density at radius 3 is 2.62 bits per heavy atom. The molecule has 0 radical (unpaired) electrons. The Kier molecular flexibility index (Phi) is 8.17. The van der Waals surface area contributed by atoms with Crippen LogP contribution in [0.5, 0.6) is 0 Å². The van der Waals surface area contributed by atoms with E-state index in [1.807, 2.05) is 32.9 Å². The zero-order chi connectivity index (χ0) is 24.7. The van der Waals surface area contributed by atoms with Crippen LogP contribution in [0.4, 0.5) is 10.5 Å². The van der Waals surface area contributed by atoms with Crippen LogP contribution in [0.15, 0.2) is 57.9 Å². The molecule has 182 valence electrons. The van der Waals surface area contributed by atoms with Crippen molar-refractivity contribution in [3.63, 3.8) is 0 Å². The first-order valence-corrected chi connectivity index (χ1v) is 11.2. The molecule has 1 aromatic rings. The van der Waals surface area contributed by atoms with Gasteiger partial charge in [-0.15, -0.1) is 0 Å². The maximum atomic E-state index is 12.3. The van der Waals surface area contributed by atoms with Gasteiger partial charge in [-0.3, -0.25) is 15.0 Å². The molecule has 0 N–H and O–H groups in total. The topological polar surface area (TPSA) is 110 Å². The highest BCUT2D eigenvalue weighted by molar-refractivity contribution is 6.00. The second-order valence-corrected chi connectivity index (χ2v) is 9.05. The van der Waals surface area contributed by atoms with Gasteiger partial charge in [0.25, 0.3) is 5.69 Å². The summed E-state index contributed by atoms with van der Waals surface area (Å²) in [5, 5.41) is 11.0. The van der Waals surface area contributed by atoms with E-state index in [2.05, 4.69) is 21.6 Å². The largest absolute Gasteiger partial charge is 0.485 e. The molecule has 3 rings (SSSR count). The number of allylic oxidation sites excluding steroid dienone is 2. The molecular weight excluding hydrogens is 438 g/mol. The Balaban J connectivity index is 1.55. The van der Waals surface area contributed by atoms with Gasteiger partial charge in [0.1, 0.15) is 12.2 Å². The molecule has 1 fully saturated rings. The summed E-state index contributed by atoms with van der Waals surface area (Å²) >= 11 is 0. The third-order valence-electron chi connectivity index (χ3n) is 5.20. The average Bonchev–Trinajstić information content (AvgIpc) is 2.98. The molecule has 0 aliphatic carbocycles. The number of hydrogen-bond donors (Lipinski definition) is 0. The molecule has 0 aromatic heterocycles. The van der Waals surface area contributed by atoms with Gasteiger partial charge in [0, 0.05) is 44.9 Å². The van der Waals surface area contributed by atoms with Crippen molar-refractivity contribution in [3.05, 3.63) is 63.6 Å². The fourth-order valence-electron chi connectivity index (χ4n) is 3.53. The Hall–Kier alpha value is -3.53. The van der Waals surface area contributed by atoms with Gasteiger partial charge in [-0.1, -0.05) is 18.2 Å². The summed E-state index contributed by atoms with van der Waals surface area (Å²) in [7, 11) is 0. The van der Waals surface area contributed by atoms with Crippen LogP contribution < -0.4 is 0 Å². The summed E-state index contributed by atoms with van der Waals surface area (Å²) in [6.45, 7) is 12.6. The lowest BCUT2D eigenvalue weighted by atomic mass is 10.2. The van der Waals surface area contributed by atoms with Crippen molar-refractivity contribution in [2.24, 2.45) is 9.98 Å². The fourth-order valence-corrected chi connectivity index (χ4v) is 3.53. The lowest BCUT2D eigenvalue weighted by molar-refractivity contribution is -0.384. The van der Waals surface area contributed by atoms with Crippen molar-refractivity contribution in [1.29, 1.82) is 0 Å². The number of carbonyl (C=O) groups excluding carboxylic acids is 1. The molecular formula is C24H31N5O5. The Labute approximate surface area is 199 Å². The smallest absolute Gasteiger partial charge is 0.410 e. The summed E-state index contributed by atoms with van der Waals surface area (Å²) in [6.07, 6.45) is 4.21. The highest BCUT2D eigenvalue weighted by Crippen LogP contribution is 2.19. The molecule has 34 heavy (non-hydrogen) atoms. The molecule has 0 spiro atoms. The van der Waals surface area contributed by atoms with Gasteiger partial charge in [0.15, 0.2) is 11.6 Å². The molecule has 0 bridgehead atoms. The molecule has 10 heteroatoms. The van der Waals surface area contributed by atoms with Crippen molar-refractivity contribution in [3.8, 4) is 0 Å². The van der Waals surface area contributed by atoms with Crippen LogP contribution in [0.2, 0.25) is 0 Å². The van der Waals surface area contributed by atoms with Crippen LogP contribution in [0.25, 0.3) is 0 Å². The number of piperazine rings is 1. The van der Waals surface area contributed by atoms with Gasteiger partial charge >= 0.3 is 6.09 Å². The molecule has 0 unspecified atom stereocenters. The number of amidine groups is 1. The predicted molar refractivity (Wildman–Crippen MR) is 130 cm³/mol. The van der Waals surface area contributed by atoms with Crippen LogP contribution in [-0.2, 0) is 16.1 Å². The quantitative estimate of drug-likeness (QED) is 0.355. The van der Waals surface area contributed by atoms with E-state index in [1.165, 1.54) is 12.1 Å². The van der Waals surface area contributed by atoms with Crippen LogP contribution in [0, 0.1) is 10.1 Å². The Bertz CT molecular complexity index is 1020. The summed E-state index contributed by atoms with van der Waals surface area (Å²) in [5.74, 6) is 0.865. The number of aliphatic imine (C=N–C) groups is 2. The number of benzene rings is 1. The van der Waals surface area contributed by atoms with E-state index < -0.39 is 10.5 Å². The number of nitro groups is 1. The van der Waals surface area contributed by atoms with Crippen molar-refractivity contribution in [2.45, 2.75) is 39.4 Å². The molecule has 0 atom stereocenters. The normalized spacial score (nSPS) is 17.1. The Morgan fingerprint density at radius 1 is 1.24 bits per heavy atom. The highest BCUT2D eigenvalue weighted by Gasteiger charge is 2.26. The number of ether oxygens (including phenoxy) is 2. The van der Waals surface area contributed by atoms with Gasteiger partial charge in [-0.25, -0.2) is 14.8 Å². The minimum Gasteiger partial charge on any atom is -0.485 e. The minimum absolute atomic E-state index is 0.0161. The van der Waals surface area contributed by atoms with Crippen molar-refractivity contribution in [2.75, 3.05) is 32.7 Å². The summed E-state index contributed by atoms with van der Waals surface area (Å²) in [5.41, 5.74) is 1.03. The number of rotatable bonds is 6. The maximum absolute atomic E-state index is 12.3. The van der Waals surface area contributed by atoms with E-state index in [0.717, 1.165) is 5.70 Å². The van der Waals surface area contributed by atoms with Gasteiger partial charge in [-0.05, 0) is 45.5 Å². The van der Waals surface area contributed by atoms with E-state index in [9.17, 15) is 14.9 Å². The van der Waals surface area contributed by atoms with Crippen molar-refractivity contribution in [1.82, 2.24) is 9.80 Å². The van der Waals surface area contributed by atoms with Crippen LogP contribution in [0.1, 0.15) is 32.8 Å². The van der Waals surface area contributed by atoms with E-state index in [4.69, 9.17) is 9.47 Å². The van der Waals surface area contributed by atoms with Crippen LogP contribution in [-0.4, -0.2) is 71.7 Å². The monoisotopic (exact) mass is 469 g/mol.